The summed E-state index contributed by atoms with van der Waals surface area (Å²) in [5.74, 6) is 3.04. The lowest BCUT2D eigenvalue weighted by Gasteiger charge is -2.15. The van der Waals surface area contributed by atoms with Crippen LogP contribution < -0.4 is 10.6 Å². The molecule has 1 aromatic heterocycles. The third-order valence-electron chi connectivity index (χ3n) is 5.30. The number of rotatable bonds is 9. The number of guanidine groups is 1. The van der Waals surface area contributed by atoms with E-state index in [2.05, 4.69) is 49.4 Å². The van der Waals surface area contributed by atoms with Crippen molar-refractivity contribution in [1.29, 1.82) is 0 Å². The quantitative estimate of drug-likeness (QED) is 0.386. The number of aromatic nitrogens is 3. The highest BCUT2D eigenvalue weighted by atomic mass is 16.5. The number of hydrogen-bond acceptors (Lipinski definition) is 4. The van der Waals surface area contributed by atoms with Crippen LogP contribution in [0.3, 0.4) is 0 Å². The molecule has 158 valence electrons. The summed E-state index contributed by atoms with van der Waals surface area (Å²) < 4.78 is 8.22. The fraction of sp³-hybridized carbons (Fsp3) is 0.591. The van der Waals surface area contributed by atoms with Gasteiger partial charge in [-0.25, -0.2) is 0 Å². The molecule has 2 heterocycles. The van der Waals surface area contributed by atoms with E-state index < -0.39 is 0 Å². The van der Waals surface area contributed by atoms with Gasteiger partial charge in [-0.2, -0.15) is 0 Å². The molecule has 7 heteroatoms. The maximum absolute atomic E-state index is 5.92. The Balaban J connectivity index is 1.31. The molecule has 7 nitrogen and oxygen atoms in total. The van der Waals surface area contributed by atoms with Crippen molar-refractivity contribution in [3.63, 3.8) is 0 Å². The highest BCUT2D eigenvalue weighted by Crippen LogP contribution is 2.16. The molecule has 1 aliphatic heterocycles. The molecular formula is C22H34N6O. The molecule has 3 rings (SSSR count). The number of aliphatic imine (C=N–C) groups is 1. The molecule has 0 fully saturated rings. The third kappa shape index (κ3) is 6.56. The van der Waals surface area contributed by atoms with Gasteiger partial charge in [0.15, 0.2) is 5.96 Å². The fourth-order valence-corrected chi connectivity index (χ4v) is 3.60. The largest absolute Gasteiger partial charge is 0.374 e. The van der Waals surface area contributed by atoms with Crippen molar-refractivity contribution in [1.82, 2.24) is 25.4 Å². The van der Waals surface area contributed by atoms with Crippen LogP contribution in [0.1, 0.15) is 55.9 Å². The van der Waals surface area contributed by atoms with E-state index >= 15 is 0 Å². The number of nitrogens with one attached hydrogen (secondary N) is 2. The second-order valence-electron chi connectivity index (χ2n) is 7.45. The SMILES string of the molecule is CN=C(NCCCOC(C)c1ccccc1)NCCc1nnc2n1CCCCC2. The van der Waals surface area contributed by atoms with Gasteiger partial charge in [-0.05, 0) is 31.7 Å². The Labute approximate surface area is 174 Å². The summed E-state index contributed by atoms with van der Waals surface area (Å²) in [7, 11) is 1.80. The van der Waals surface area contributed by atoms with Gasteiger partial charge in [-0.3, -0.25) is 4.99 Å². The van der Waals surface area contributed by atoms with Crippen molar-refractivity contribution < 1.29 is 4.74 Å². The summed E-state index contributed by atoms with van der Waals surface area (Å²) in [6, 6.07) is 10.3. The molecule has 2 N–H and O–H groups in total. The lowest BCUT2D eigenvalue weighted by atomic mass is 10.1. The van der Waals surface area contributed by atoms with Crippen molar-refractivity contribution in [2.75, 3.05) is 26.7 Å². The zero-order valence-electron chi connectivity index (χ0n) is 17.7. The minimum absolute atomic E-state index is 0.118. The Morgan fingerprint density at radius 2 is 1.97 bits per heavy atom. The molecule has 29 heavy (non-hydrogen) atoms. The number of hydrogen-bond donors (Lipinski definition) is 2. The van der Waals surface area contributed by atoms with Crippen LogP contribution in [0.2, 0.25) is 0 Å². The molecule has 1 unspecified atom stereocenters. The molecule has 0 aliphatic carbocycles. The van der Waals surface area contributed by atoms with Crippen molar-refractivity contribution in [2.24, 2.45) is 4.99 Å². The van der Waals surface area contributed by atoms with E-state index in [0.29, 0.717) is 6.61 Å². The van der Waals surface area contributed by atoms with Gasteiger partial charge in [-0.1, -0.05) is 36.8 Å². The van der Waals surface area contributed by atoms with E-state index in [1.807, 2.05) is 18.2 Å². The molecule has 0 saturated heterocycles. The minimum Gasteiger partial charge on any atom is -0.374 e. The van der Waals surface area contributed by atoms with E-state index in [1.54, 1.807) is 7.05 Å². The minimum atomic E-state index is 0.118. The Morgan fingerprint density at radius 1 is 1.14 bits per heavy atom. The lowest BCUT2D eigenvalue weighted by molar-refractivity contribution is 0.0646. The summed E-state index contributed by atoms with van der Waals surface area (Å²) in [6.07, 6.45) is 6.67. The molecule has 1 aromatic carbocycles. The van der Waals surface area contributed by atoms with Gasteiger partial charge in [0, 0.05) is 46.1 Å². The first-order chi connectivity index (χ1) is 14.3. The number of ether oxygens (including phenoxy) is 1. The topological polar surface area (TPSA) is 76.4 Å². The van der Waals surface area contributed by atoms with Gasteiger partial charge < -0.3 is 19.9 Å². The summed E-state index contributed by atoms with van der Waals surface area (Å²) in [5, 5.41) is 15.5. The first-order valence-corrected chi connectivity index (χ1v) is 10.8. The zero-order chi connectivity index (χ0) is 20.3. The molecule has 0 saturated carbocycles. The first-order valence-electron chi connectivity index (χ1n) is 10.8. The van der Waals surface area contributed by atoms with Crippen molar-refractivity contribution in [2.45, 2.75) is 58.1 Å². The Morgan fingerprint density at radius 3 is 2.79 bits per heavy atom. The molecule has 1 atom stereocenters. The molecule has 0 radical (unpaired) electrons. The number of fused-ring (bicyclic) bond motifs is 1. The number of nitrogens with zero attached hydrogens (tertiary/aromatic N) is 4. The van der Waals surface area contributed by atoms with Crippen molar-refractivity contribution >= 4 is 5.96 Å². The predicted octanol–water partition coefficient (Wildman–Crippen LogP) is 2.88. The van der Waals surface area contributed by atoms with Gasteiger partial charge in [-0.15, -0.1) is 10.2 Å². The van der Waals surface area contributed by atoms with Crippen LogP contribution in [0, 0.1) is 0 Å². The summed E-state index contributed by atoms with van der Waals surface area (Å²) in [5.41, 5.74) is 1.21. The second-order valence-corrected chi connectivity index (χ2v) is 7.45. The average molecular weight is 399 g/mol. The molecule has 0 spiro atoms. The van der Waals surface area contributed by atoms with Crippen LogP contribution in [0.5, 0.6) is 0 Å². The lowest BCUT2D eigenvalue weighted by Crippen LogP contribution is -2.39. The Hall–Kier alpha value is -2.41. The van der Waals surface area contributed by atoms with Gasteiger partial charge >= 0.3 is 0 Å². The van der Waals surface area contributed by atoms with Crippen molar-refractivity contribution in [3.05, 3.63) is 47.5 Å². The third-order valence-corrected chi connectivity index (χ3v) is 5.30. The van der Waals surface area contributed by atoms with E-state index in [1.165, 1.54) is 24.8 Å². The second kappa shape index (κ2) is 11.6. The van der Waals surface area contributed by atoms with Crippen LogP contribution in [0.15, 0.2) is 35.3 Å². The molecule has 0 amide bonds. The molecule has 1 aliphatic rings. The Bertz CT molecular complexity index is 758. The number of aryl methyl sites for hydroxylation is 1. The summed E-state index contributed by atoms with van der Waals surface area (Å²) in [6.45, 7) is 5.47. The van der Waals surface area contributed by atoms with Crippen LogP contribution in [0.4, 0.5) is 0 Å². The fourth-order valence-electron chi connectivity index (χ4n) is 3.60. The standard InChI is InChI=1S/C22H34N6O/c1-18(19-10-5-3-6-11-19)29-17-9-14-24-22(23-2)25-15-13-21-27-26-20-12-7-4-8-16-28(20)21/h3,5-6,10-11,18H,4,7-9,12-17H2,1-2H3,(H2,23,24,25). The van der Waals surface area contributed by atoms with Crippen LogP contribution in [-0.4, -0.2) is 47.5 Å². The van der Waals surface area contributed by atoms with Gasteiger partial charge in [0.2, 0.25) is 0 Å². The van der Waals surface area contributed by atoms with Crippen LogP contribution in [0.25, 0.3) is 0 Å². The van der Waals surface area contributed by atoms with Gasteiger partial charge in [0.1, 0.15) is 11.6 Å². The van der Waals surface area contributed by atoms with E-state index in [-0.39, 0.29) is 6.10 Å². The van der Waals surface area contributed by atoms with E-state index in [4.69, 9.17) is 4.74 Å². The van der Waals surface area contributed by atoms with Gasteiger partial charge in [0.05, 0.1) is 6.10 Å². The summed E-state index contributed by atoms with van der Waals surface area (Å²) in [4.78, 5) is 4.30. The molecule has 0 bridgehead atoms. The normalized spacial score (nSPS) is 15.4. The number of benzene rings is 1. The van der Waals surface area contributed by atoms with Gasteiger partial charge in [0.25, 0.3) is 0 Å². The van der Waals surface area contributed by atoms with Crippen molar-refractivity contribution in [3.8, 4) is 0 Å². The van der Waals surface area contributed by atoms with E-state index in [0.717, 1.165) is 56.5 Å². The summed E-state index contributed by atoms with van der Waals surface area (Å²) >= 11 is 0. The molecule has 2 aromatic rings. The Kier molecular flexibility index (Phi) is 8.49. The predicted molar refractivity (Wildman–Crippen MR) is 116 cm³/mol. The highest BCUT2D eigenvalue weighted by Gasteiger charge is 2.14. The monoisotopic (exact) mass is 398 g/mol. The maximum atomic E-state index is 5.92. The first kappa shape index (κ1) is 21.3. The smallest absolute Gasteiger partial charge is 0.190 e. The zero-order valence-corrected chi connectivity index (χ0v) is 17.7. The molecular weight excluding hydrogens is 364 g/mol. The van der Waals surface area contributed by atoms with E-state index in [9.17, 15) is 0 Å². The maximum Gasteiger partial charge on any atom is 0.190 e. The van der Waals surface area contributed by atoms with Crippen LogP contribution >= 0.6 is 0 Å². The highest BCUT2D eigenvalue weighted by molar-refractivity contribution is 5.79. The van der Waals surface area contributed by atoms with Crippen LogP contribution in [-0.2, 0) is 24.1 Å². The average Bonchev–Trinajstić information content (AvgIpc) is 2.98.